The molecule has 4 unspecified atom stereocenters. The number of aliphatic hydroxyl groups excluding tert-OH is 3. The van der Waals surface area contributed by atoms with Gasteiger partial charge in [-0.25, -0.2) is 4.79 Å². The topological polar surface area (TPSA) is 134 Å². The second-order valence-electron chi connectivity index (χ2n) is 5.45. The second kappa shape index (κ2) is 5.70. The molecule has 1 aliphatic heterocycles. The van der Waals surface area contributed by atoms with Gasteiger partial charge in [-0.3, -0.25) is 4.57 Å². The molecule has 0 amide bonds. The highest BCUT2D eigenvalue weighted by Crippen LogP contribution is 2.36. The molecular formula is C12H20N4O5. The van der Waals surface area contributed by atoms with Crippen LogP contribution in [0.1, 0.15) is 6.23 Å². The van der Waals surface area contributed by atoms with Gasteiger partial charge in [0.2, 0.25) is 0 Å². The number of nitrogens with two attached hydrogens (primary N) is 1. The van der Waals surface area contributed by atoms with Gasteiger partial charge in [-0.1, -0.05) is 0 Å². The van der Waals surface area contributed by atoms with Gasteiger partial charge in [0.15, 0.2) is 6.23 Å². The third-order valence-corrected chi connectivity index (χ3v) is 3.49. The second-order valence-corrected chi connectivity index (χ2v) is 5.45. The summed E-state index contributed by atoms with van der Waals surface area (Å²) in [7, 11) is 3.48. The molecule has 1 fully saturated rings. The number of hydrogen-bond donors (Lipinski definition) is 4. The van der Waals surface area contributed by atoms with Crippen LogP contribution in [0.4, 0.5) is 5.82 Å². The molecule has 21 heavy (non-hydrogen) atoms. The maximum absolute atomic E-state index is 11.8. The molecule has 9 nitrogen and oxygen atoms in total. The third kappa shape index (κ3) is 2.78. The van der Waals surface area contributed by atoms with E-state index in [1.165, 1.54) is 12.3 Å². The van der Waals surface area contributed by atoms with Gasteiger partial charge in [-0.2, -0.15) is 4.98 Å². The lowest BCUT2D eigenvalue weighted by atomic mass is 9.95. The van der Waals surface area contributed by atoms with Crippen molar-refractivity contribution in [2.24, 2.45) is 0 Å². The van der Waals surface area contributed by atoms with E-state index in [1.54, 1.807) is 19.0 Å². The average molecular weight is 300 g/mol. The molecule has 118 valence electrons. The highest BCUT2D eigenvalue weighted by Gasteiger charge is 2.55. The zero-order valence-corrected chi connectivity index (χ0v) is 11.9. The monoisotopic (exact) mass is 300 g/mol. The fourth-order valence-electron chi connectivity index (χ4n) is 2.53. The van der Waals surface area contributed by atoms with Crippen molar-refractivity contribution in [1.29, 1.82) is 0 Å². The highest BCUT2D eigenvalue weighted by atomic mass is 16.6. The Morgan fingerprint density at radius 2 is 2.19 bits per heavy atom. The molecule has 4 atom stereocenters. The predicted molar refractivity (Wildman–Crippen MR) is 73.4 cm³/mol. The summed E-state index contributed by atoms with van der Waals surface area (Å²) >= 11 is 0. The molecule has 0 aromatic carbocycles. The van der Waals surface area contributed by atoms with E-state index >= 15 is 0 Å². The molecule has 0 aliphatic carbocycles. The van der Waals surface area contributed by atoms with Crippen molar-refractivity contribution < 1.29 is 20.1 Å². The lowest BCUT2D eigenvalue weighted by Gasteiger charge is -2.32. The first kappa shape index (κ1) is 15.9. The number of anilines is 1. The molecule has 0 bridgehead atoms. The maximum atomic E-state index is 11.8. The summed E-state index contributed by atoms with van der Waals surface area (Å²) in [4.78, 5) is 17.1. The van der Waals surface area contributed by atoms with Crippen LogP contribution in [-0.4, -0.2) is 74.8 Å². The number of aromatic nitrogens is 2. The number of hydrogen-bond acceptors (Lipinski definition) is 8. The number of ether oxygens (including phenoxy) is 1. The number of nitrogen functional groups attached to an aromatic ring is 1. The van der Waals surface area contributed by atoms with Crippen molar-refractivity contribution in [3.63, 3.8) is 0 Å². The van der Waals surface area contributed by atoms with Gasteiger partial charge in [0.1, 0.15) is 23.6 Å². The summed E-state index contributed by atoms with van der Waals surface area (Å²) < 4.78 is 6.67. The summed E-state index contributed by atoms with van der Waals surface area (Å²) in [5, 5.41) is 30.0. The summed E-state index contributed by atoms with van der Waals surface area (Å²) in [6.07, 6.45) is -2.54. The Balaban J connectivity index is 2.37. The fraction of sp³-hybridized carbons (Fsp3) is 0.667. The molecule has 1 saturated heterocycles. The Morgan fingerprint density at radius 1 is 1.52 bits per heavy atom. The van der Waals surface area contributed by atoms with Crippen molar-refractivity contribution in [3.05, 3.63) is 22.7 Å². The molecule has 1 aromatic rings. The van der Waals surface area contributed by atoms with Gasteiger partial charge in [0.25, 0.3) is 0 Å². The molecular weight excluding hydrogens is 280 g/mol. The summed E-state index contributed by atoms with van der Waals surface area (Å²) in [5.74, 6) is 0.0472. The van der Waals surface area contributed by atoms with Crippen molar-refractivity contribution in [3.8, 4) is 0 Å². The van der Waals surface area contributed by atoms with E-state index in [4.69, 9.17) is 10.5 Å². The maximum Gasteiger partial charge on any atom is 0.351 e. The van der Waals surface area contributed by atoms with E-state index < -0.39 is 36.3 Å². The molecule has 0 spiro atoms. The number of aliphatic hydroxyl groups is 3. The van der Waals surface area contributed by atoms with E-state index in [2.05, 4.69) is 4.98 Å². The van der Waals surface area contributed by atoms with E-state index in [9.17, 15) is 20.1 Å². The Hall–Kier alpha value is -1.52. The van der Waals surface area contributed by atoms with E-state index in [0.717, 1.165) is 4.57 Å². The lowest BCUT2D eigenvalue weighted by Crippen LogP contribution is -2.52. The molecule has 0 saturated carbocycles. The molecule has 1 aromatic heterocycles. The van der Waals surface area contributed by atoms with Gasteiger partial charge in [-0.15, -0.1) is 0 Å². The van der Waals surface area contributed by atoms with Crippen LogP contribution in [0.5, 0.6) is 0 Å². The lowest BCUT2D eigenvalue weighted by molar-refractivity contribution is -0.137. The Labute approximate surface area is 121 Å². The Bertz CT molecular complexity index is 563. The molecule has 1 aliphatic rings. The molecule has 0 radical (unpaired) electrons. The van der Waals surface area contributed by atoms with Gasteiger partial charge in [0.05, 0.1) is 6.61 Å². The van der Waals surface area contributed by atoms with Crippen LogP contribution in [0.2, 0.25) is 0 Å². The minimum absolute atomic E-state index is 0.0472. The number of rotatable bonds is 4. The molecule has 2 rings (SSSR count). The molecule has 9 heteroatoms. The third-order valence-electron chi connectivity index (χ3n) is 3.49. The first-order valence-electron chi connectivity index (χ1n) is 6.45. The van der Waals surface area contributed by atoms with Gasteiger partial charge < -0.3 is 30.7 Å². The molecule has 5 N–H and O–H groups in total. The van der Waals surface area contributed by atoms with E-state index in [-0.39, 0.29) is 12.4 Å². The Kier molecular flexibility index (Phi) is 4.30. The minimum Gasteiger partial charge on any atom is -0.393 e. The predicted octanol–water partition coefficient (Wildman–Crippen LogP) is -2.63. The van der Waals surface area contributed by atoms with E-state index in [0.29, 0.717) is 0 Å². The summed E-state index contributed by atoms with van der Waals surface area (Å²) in [5.41, 5.74) is 3.33. The Morgan fingerprint density at radius 3 is 2.71 bits per heavy atom. The fourth-order valence-corrected chi connectivity index (χ4v) is 2.53. The van der Waals surface area contributed by atoms with Crippen molar-refractivity contribution in [2.75, 3.05) is 33.0 Å². The number of nitrogens with zero attached hydrogens (tertiary/aromatic N) is 3. The minimum atomic E-state index is -1.38. The van der Waals surface area contributed by atoms with Crippen molar-refractivity contribution in [1.82, 2.24) is 14.5 Å². The van der Waals surface area contributed by atoms with Gasteiger partial charge in [-0.05, 0) is 20.2 Å². The molecule has 2 heterocycles. The van der Waals surface area contributed by atoms with Crippen LogP contribution in [0.15, 0.2) is 17.1 Å². The smallest absolute Gasteiger partial charge is 0.351 e. The van der Waals surface area contributed by atoms with Crippen LogP contribution in [0, 0.1) is 0 Å². The van der Waals surface area contributed by atoms with Crippen LogP contribution in [0.3, 0.4) is 0 Å². The zero-order valence-electron chi connectivity index (χ0n) is 11.9. The van der Waals surface area contributed by atoms with Crippen LogP contribution >= 0.6 is 0 Å². The average Bonchev–Trinajstić information content (AvgIpc) is 2.64. The SMILES string of the molecule is CN(C)CC1(CO)OC(n2ccc(N)nc2=O)C(O)C1O. The van der Waals surface area contributed by atoms with Crippen molar-refractivity contribution in [2.45, 2.75) is 24.0 Å². The normalized spacial score (nSPS) is 32.8. The van der Waals surface area contributed by atoms with Crippen molar-refractivity contribution >= 4 is 5.82 Å². The quantitative estimate of drug-likeness (QED) is 0.474. The summed E-state index contributed by atoms with van der Waals surface area (Å²) in [6, 6.07) is 1.38. The van der Waals surface area contributed by atoms with Gasteiger partial charge in [0, 0.05) is 12.7 Å². The standard InChI is InChI=1S/C12H20N4O5/c1-15(2)5-12(6-17)9(19)8(18)10(21-12)16-4-3-7(13)14-11(16)20/h3-4,8-10,17-19H,5-6H2,1-2H3,(H2,13,14,20). The van der Waals surface area contributed by atoms with Crippen LogP contribution < -0.4 is 11.4 Å². The highest BCUT2D eigenvalue weighted by molar-refractivity contribution is 5.23. The van der Waals surface area contributed by atoms with E-state index in [1.807, 2.05) is 0 Å². The summed E-state index contributed by atoms with van der Waals surface area (Å²) in [6.45, 7) is -0.327. The van der Waals surface area contributed by atoms with Gasteiger partial charge >= 0.3 is 5.69 Å². The zero-order chi connectivity index (χ0) is 15.8. The van der Waals surface area contributed by atoms with Crippen LogP contribution in [-0.2, 0) is 4.74 Å². The van der Waals surface area contributed by atoms with Crippen LogP contribution in [0.25, 0.3) is 0 Å². The number of likely N-dealkylation sites (N-methyl/N-ethyl adjacent to an activating group) is 1. The first-order valence-corrected chi connectivity index (χ1v) is 6.45. The first-order chi connectivity index (χ1) is 9.80. The largest absolute Gasteiger partial charge is 0.393 e.